The molecule has 0 unspecified atom stereocenters. The number of anilines is 2. The van der Waals surface area contributed by atoms with Gasteiger partial charge in [-0.05, 0) is 71.2 Å². The van der Waals surface area contributed by atoms with Gasteiger partial charge in [0, 0.05) is 71.6 Å². The normalized spacial score (nSPS) is 17.2. The first kappa shape index (κ1) is 31.6. The molecule has 2 atom stereocenters. The van der Waals surface area contributed by atoms with Gasteiger partial charge in [-0.25, -0.2) is 0 Å². The largest absolute Gasteiger partial charge is 0.377 e. The molecular formula is C36H42ClN9. The van der Waals surface area contributed by atoms with E-state index in [2.05, 4.69) is 99.6 Å². The van der Waals surface area contributed by atoms with E-state index in [0.717, 1.165) is 59.5 Å². The quantitative estimate of drug-likeness (QED) is 0.160. The summed E-state index contributed by atoms with van der Waals surface area (Å²) < 4.78 is 0. The van der Waals surface area contributed by atoms with Crippen molar-refractivity contribution in [2.45, 2.75) is 71.1 Å². The average molecular weight is 636 g/mol. The van der Waals surface area contributed by atoms with Crippen LogP contribution in [0.15, 0.2) is 78.9 Å². The van der Waals surface area contributed by atoms with Gasteiger partial charge in [0.25, 0.3) is 0 Å². The first-order valence-electron chi connectivity index (χ1n) is 15.9. The number of nitrogens with zero attached hydrogens (tertiary/aromatic N) is 5. The fourth-order valence-corrected chi connectivity index (χ4v) is 6.69. The molecule has 2 aromatic carbocycles. The summed E-state index contributed by atoms with van der Waals surface area (Å²) in [5, 5.41) is 20.8. The van der Waals surface area contributed by atoms with Crippen LogP contribution in [0.3, 0.4) is 0 Å². The van der Waals surface area contributed by atoms with Crippen LogP contribution in [0.2, 0.25) is 5.02 Å². The molecule has 238 valence electrons. The molecule has 4 heterocycles. The van der Waals surface area contributed by atoms with Crippen molar-refractivity contribution in [1.82, 2.24) is 30.8 Å². The molecule has 46 heavy (non-hydrogen) atoms. The third kappa shape index (κ3) is 6.61. The van der Waals surface area contributed by atoms with E-state index < -0.39 is 0 Å². The van der Waals surface area contributed by atoms with E-state index in [0.29, 0.717) is 27.8 Å². The Morgan fingerprint density at radius 2 is 1.80 bits per heavy atom. The summed E-state index contributed by atoms with van der Waals surface area (Å²) in [5.74, 6) is 0. The first-order chi connectivity index (χ1) is 22.1. The van der Waals surface area contributed by atoms with Gasteiger partial charge in [0.05, 0.1) is 33.5 Å². The highest BCUT2D eigenvalue weighted by Crippen LogP contribution is 2.37. The number of benzene rings is 2. The predicted octanol–water partition coefficient (Wildman–Crippen LogP) is 7.22. The molecule has 0 saturated carbocycles. The number of nitrogens with one attached hydrogen (secondary N) is 4. The van der Waals surface area contributed by atoms with Crippen LogP contribution in [0.4, 0.5) is 11.4 Å². The number of piperidine rings is 1. The Bertz CT molecular complexity index is 1770. The smallest absolute Gasteiger partial charge is 0.103 e. The second-order valence-corrected chi connectivity index (χ2v) is 13.6. The van der Waals surface area contributed by atoms with E-state index >= 15 is 0 Å². The summed E-state index contributed by atoms with van der Waals surface area (Å²) in [6, 6.07) is 20.6. The van der Waals surface area contributed by atoms with Crippen LogP contribution < -0.4 is 21.6 Å². The van der Waals surface area contributed by atoms with E-state index in [1.165, 1.54) is 0 Å². The van der Waals surface area contributed by atoms with Gasteiger partial charge in [-0.1, -0.05) is 48.0 Å². The standard InChI is InChI=1S/C36H42ClN9/c1-23(25-10-7-6-8-11-25)41-33-26(20-38)21-40-34-30(33)18-27(19-31(34)37)42-35(29-12-9-15-39-24(29)2)32-22-46(44-43-32)28-13-16-45(17-14-28)36(3,4)5/h6-12,15,18-19,21-23,28,35,42-44H,13-14,16-17H2,1-5H3,(H,40,41)/t23-,35+/m1/s1. The number of fused-ring (bicyclic) bond motifs is 1. The number of rotatable bonds is 8. The maximum absolute atomic E-state index is 10.0. The Kier molecular flexibility index (Phi) is 9.05. The monoisotopic (exact) mass is 635 g/mol. The fraction of sp³-hybridized carbons (Fsp3) is 0.361. The molecule has 1 fully saturated rings. The maximum Gasteiger partial charge on any atom is 0.103 e. The van der Waals surface area contributed by atoms with E-state index in [4.69, 9.17) is 11.6 Å². The summed E-state index contributed by atoms with van der Waals surface area (Å²) in [6.07, 6.45) is 7.72. The molecule has 0 aliphatic carbocycles. The van der Waals surface area contributed by atoms with Crippen molar-refractivity contribution in [3.63, 3.8) is 0 Å². The molecule has 0 spiro atoms. The number of likely N-dealkylation sites (tertiary alicyclic amines) is 1. The van der Waals surface area contributed by atoms with Gasteiger partial charge in [-0.2, -0.15) is 5.26 Å². The Morgan fingerprint density at radius 3 is 2.50 bits per heavy atom. The van der Waals surface area contributed by atoms with Crippen molar-refractivity contribution in [3.8, 4) is 6.07 Å². The molecule has 6 rings (SSSR count). The van der Waals surface area contributed by atoms with E-state index in [1.807, 2.05) is 49.5 Å². The van der Waals surface area contributed by atoms with Crippen molar-refractivity contribution in [1.29, 1.82) is 5.26 Å². The van der Waals surface area contributed by atoms with Gasteiger partial charge >= 0.3 is 0 Å². The van der Waals surface area contributed by atoms with Crippen LogP contribution in [-0.4, -0.2) is 44.5 Å². The van der Waals surface area contributed by atoms with Gasteiger partial charge < -0.3 is 16.1 Å². The van der Waals surface area contributed by atoms with Gasteiger partial charge in [0.2, 0.25) is 0 Å². The predicted molar refractivity (Wildman–Crippen MR) is 186 cm³/mol. The highest BCUT2D eigenvalue weighted by molar-refractivity contribution is 6.35. The number of hydrogen-bond acceptors (Lipinski definition) is 9. The van der Waals surface area contributed by atoms with Crippen LogP contribution in [0.5, 0.6) is 0 Å². The number of hydrazine groups is 2. The fourth-order valence-electron chi connectivity index (χ4n) is 6.42. The van der Waals surface area contributed by atoms with Crippen LogP contribution >= 0.6 is 11.6 Å². The van der Waals surface area contributed by atoms with Gasteiger partial charge in [-0.3, -0.25) is 19.9 Å². The molecule has 0 bridgehead atoms. The van der Waals surface area contributed by atoms with Crippen molar-refractivity contribution in [2.24, 2.45) is 0 Å². The molecule has 4 aromatic rings. The molecule has 9 nitrogen and oxygen atoms in total. The van der Waals surface area contributed by atoms with Gasteiger partial charge in [0.15, 0.2) is 0 Å². The Labute approximate surface area is 276 Å². The number of hydrogen-bond donors (Lipinski definition) is 4. The minimum atomic E-state index is -0.249. The molecule has 0 radical (unpaired) electrons. The van der Waals surface area contributed by atoms with Crippen LogP contribution in [0.1, 0.15) is 75.0 Å². The molecule has 1 saturated heterocycles. The molecule has 4 N–H and O–H groups in total. The lowest BCUT2D eigenvalue weighted by atomic mass is 9.97. The average Bonchev–Trinajstić information content (AvgIpc) is 3.55. The number of nitriles is 1. The third-order valence-electron chi connectivity index (χ3n) is 9.10. The summed E-state index contributed by atoms with van der Waals surface area (Å²) in [7, 11) is 0. The van der Waals surface area contributed by atoms with Crippen molar-refractivity contribution < 1.29 is 0 Å². The maximum atomic E-state index is 10.0. The summed E-state index contributed by atoms with van der Waals surface area (Å²) in [5.41, 5.74) is 13.7. The zero-order valence-electron chi connectivity index (χ0n) is 27.1. The Balaban J connectivity index is 1.33. The highest BCUT2D eigenvalue weighted by Gasteiger charge is 2.32. The zero-order chi connectivity index (χ0) is 32.4. The van der Waals surface area contributed by atoms with Gasteiger partial charge in [-0.15, -0.1) is 5.53 Å². The van der Waals surface area contributed by atoms with Crippen molar-refractivity contribution in [2.75, 3.05) is 23.7 Å². The van der Waals surface area contributed by atoms with E-state index in [-0.39, 0.29) is 17.6 Å². The Morgan fingerprint density at radius 1 is 1.04 bits per heavy atom. The number of pyridine rings is 2. The van der Waals surface area contributed by atoms with Gasteiger partial charge in [0.1, 0.15) is 6.07 Å². The van der Waals surface area contributed by atoms with E-state index in [9.17, 15) is 5.26 Å². The van der Waals surface area contributed by atoms with Crippen molar-refractivity contribution in [3.05, 3.63) is 106 Å². The second-order valence-electron chi connectivity index (χ2n) is 13.2. The second kappa shape index (κ2) is 13.2. The van der Waals surface area contributed by atoms with E-state index in [1.54, 1.807) is 6.20 Å². The summed E-state index contributed by atoms with van der Waals surface area (Å²) in [6.45, 7) is 13.1. The third-order valence-corrected chi connectivity index (χ3v) is 9.39. The SMILES string of the molecule is Cc1ncccc1[C@H](Nc1cc(Cl)c2ncc(C#N)c(N[C@H](C)c3ccccc3)c2c1)C1=CN(C2CCN(C(C)(C)C)CC2)NN1. The lowest BCUT2D eigenvalue weighted by Gasteiger charge is -2.42. The first-order valence-corrected chi connectivity index (χ1v) is 16.3. The number of aryl methyl sites for hydroxylation is 1. The molecule has 2 aliphatic rings. The van der Waals surface area contributed by atoms with Crippen LogP contribution in [-0.2, 0) is 0 Å². The molecule has 2 aromatic heterocycles. The lowest BCUT2D eigenvalue weighted by molar-refractivity contribution is 0.0570. The highest BCUT2D eigenvalue weighted by atomic mass is 35.5. The molecule has 2 aliphatic heterocycles. The molecular weight excluding hydrogens is 594 g/mol. The topological polar surface area (TPSA) is 104 Å². The minimum Gasteiger partial charge on any atom is -0.377 e. The van der Waals surface area contributed by atoms with Crippen LogP contribution in [0, 0.1) is 18.3 Å². The van der Waals surface area contributed by atoms with Crippen molar-refractivity contribution >= 4 is 33.9 Å². The summed E-state index contributed by atoms with van der Waals surface area (Å²) >= 11 is 6.89. The molecule has 0 amide bonds. The zero-order valence-corrected chi connectivity index (χ0v) is 27.9. The summed E-state index contributed by atoms with van der Waals surface area (Å²) in [4.78, 5) is 11.7. The Hall–Kier alpha value is -4.36. The minimum absolute atomic E-state index is 0.0414. The number of aromatic nitrogens is 2. The van der Waals surface area contributed by atoms with Crippen LogP contribution in [0.25, 0.3) is 10.9 Å². The molecule has 10 heteroatoms. The number of halogens is 1. The lowest BCUT2D eigenvalue weighted by Crippen LogP contribution is -2.52.